The Morgan fingerprint density at radius 3 is 2.79 bits per heavy atom. The summed E-state index contributed by atoms with van der Waals surface area (Å²) in [5.41, 5.74) is 0.00890. The Morgan fingerprint density at radius 2 is 2.29 bits per heavy atom. The van der Waals surface area contributed by atoms with Crippen LogP contribution in [0.15, 0.2) is 0 Å². The van der Waals surface area contributed by atoms with Crippen LogP contribution in [0.3, 0.4) is 0 Å². The minimum absolute atomic E-state index is 0.00890. The highest BCUT2D eigenvalue weighted by Gasteiger charge is 2.31. The lowest BCUT2D eigenvalue weighted by atomic mass is 10.0. The second kappa shape index (κ2) is 4.89. The van der Waals surface area contributed by atoms with Gasteiger partial charge in [0.15, 0.2) is 5.78 Å². The molecule has 0 aromatic heterocycles. The van der Waals surface area contributed by atoms with Crippen LogP contribution in [0.25, 0.3) is 0 Å². The number of hydrogen-bond acceptors (Lipinski definition) is 3. The van der Waals surface area contributed by atoms with Crippen molar-refractivity contribution in [1.29, 1.82) is 0 Å². The molecule has 1 heterocycles. The van der Waals surface area contributed by atoms with Gasteiger partial charge in [-0.25, -0.2) is 0 Å². The fourth-order valence-electron chi connectivity index (χ4n) is 1.84. The molecule has 1 atom stereocenters. The lowest BCUT2D eigenvalue weighted by Crippen LogP contribution is -2.20. The van der Waals surface area contributed by atoms with Crippen molar-refractivity contribution in [2.24, 2.45) is 0 Å². The minimum atomic E-state index is 0.00890. The van der Waals surface area contributed by atoms with Crippen LogP contribution in [0, 0.1) is 0 Å². The van der Waals surface area contributed by atoms with Crippen LogP contribution < -0.4 is 0 Å². The highest BCUT2D eigenvalue weighted by molar-refractivity contribution is 5.79. The molecule has 0 amide bonds. The molecule has 0 radical (unpaired) electrons. The molecule has 1 rings (SSSR count). The summed E-state index contributed by atoms with van der Waals surface area (Å²) in [6, 6.07) is 0. The van der Waals surface area contributed by atoms with E-state index in [0.29, 0.717) is 6.42 Å². The maximum absolute atomic E-state index is 11.2. The zero-order valence-corrected chi connectivity index (χ0v) is 9.34. The van der Waals surface area contributed by atoms with Crippen LogP contribution in [0.5, 0.6) is 0 Å². The third-order valence-electron chi connectivity index (χ3n) is 2.60. The molecule has 0 aliphatic carbocycles. The van der Waals surface area contributed by atoms with Gasteiger partial charge in [0, 0.05) is 13.5 Å². The molecule has 0 saturated carbocycles. The van der Waals surface area contributed by atoms with Crippen molar-refractivity contribution in [2.45, 2.75) is 51.2 Å². The molecule has 1 saturated heterocycles. The number of ketones is 1. The first-order chi connectivity index (χ1) is 6.53. The number of hydrogen-bond donors (Lipinski definition) is 0. The maximum atomic E-state index is 11.2. The first-order valence-corrected chi connectivity index (χ1v) is 5.22. The van der Waals surface area contributed by atoms with Crippen molar-refractivity contribution in [3.63, 3.8) is 0 Å². The number of methoxy groups -OCH3 is 1. The van der Waals surface area contributed by atoms with Gasteiger partial charge in [0.25, 0.3) is 0 Å². The van der Waals surface area contributed by atoms with Crippen molar-refractivity contribution >= 4 is 5.78 Å². The summed E-state index contributed by atoms with van der Waals surface area (Å²) >= 11 is 0. The van der Waals surface area contributed by atoms with E-state index in [1.807, 2.05) is 0 Å². The Labute approximate surface area is 85.8 Å². The molecule has 0 N–H and O–H groups in total. The second-order valence-corrected chi connectivity index (χ2v) is 4.55. The average Bonchev–Trinajstić information content (AvgIpc) is 2.43. The number of rotatable bonds is 5. The molecule has 1 fully saturated rings. The number of ether oxygens (including phenoxy) is 2. The summed E-state index contributed by atoms with van der Waals surface area (Å²) in [6.07, 6.45) is 3.86. The fraction of sp³-hybridized carbons (Fsp3) is 0.909. The zero-order chi connectivity index (χ0) is 10.6. The molecule has 3 nitrogen and oxygen atoms in total. The molecule has 1 unspecified atom stereocenters. The van der Waals surface area contributed by atoms with Crippen molar-refractivity contribution in [1.82, 2.24) is 0 Å². The third-order valence-corrected chi connectivity index (χ3v) is 2.60. The largest absolute Gasteiger partial charge is 0.377 e. The van der Waals surface area contributed by atoms with Crippen LogP contribution in [-0.2, 0) is 14.3 Å². The fourth-order valence-corrected chi connectivity index (χ4v) is 1.84. The van der Waals surface area contributed by atoms with Gasteiger partial charge in [-0.3, -0.25) is 4.79 Å². The van der Waals surface area contributed by atoms with Crippen molar-refractivity contribution in [3.8, 4) is 0 Å². The molecule has 0 aromatic rings. The molecule has 14 heavy (non-hydrogen) atoms. The quantitative estimate of drug-likeness (QED) is 0.680. The van der Waals surface area contributed by atoms with Gasteiger partial charge < -0.3 is 9.47 Å². The topological polar surface area (TPSA) is 35.5 Å². The zero-order valence-electron chi connectivity index (χ0n) is 9.34. The predicted molar refractivity (Wildman–Crippen MR) is 54.3 cm³/mol. The first-order valence-electron chi connectivity index (χ1n) is 5.22. The van der Waals surface area contributed by atoms with Gasteiger partial charge >= 0.3 is 0 Å². The Kier molecular flexibility index (Phi) is 4.08. The third kappa shape index (κ3) is 3.76. The molecule has 1 aliphatic heterocycles. The van der Waals surface area contributed by atoms with E-state index in [-0.39, 0.29) is 24.1 Å². The summed E-state index contributed by atoms with van der Waals surface area (Å²) in [4.78, 5) is 11.2. The Balaban J connectivity index is 2.17. The summed E-state index contributed by atoms with van der Waals surface area (Å²) in [7, 11) is 1.55. The highest BCUT2D eigenvalue weighted by atomic mass is 16.5. The van der Waals surface area contributed by atoms with Crippen molar-refractivity contribution < 1.29 is 14.3 Å². The van der Waals surface area contributed by atoms with Crippen LogP contribution in [0.4, 0.5) is 0 Å². The van der Waals surface area contributed by atoms with Gasteiger partial charge in [0.1, 0.15) is 6.61 Å². The van der Waals surface area contributed by atoms with Crippen molar-refractivity contribution in [3.05, 3.63) is 0 Å². The first kappa shape index (κ1) is 11.7. The van der Waals surface area contributed by atoms with E-state index in [0.717, 1.165) is 19.3 Å². The van der Waals surface area contributed by atoms with Gasteiger partial charge in [0.05, 0.1) is 11.7 Å². The normalized spacial score (nSPS) is 25.2. The molecule has 0 spiro atoms. The minimum Gasteiger partial charge on any atom is -0.377 e. The van der Waals surface area contributed by atoms with E-state index in [1.54, 1.807) is 7.11 Å². The second-order valence-electron chi connectivity index (χ2n) is 4.55. The van der Waals surface area contributed by atoms with E-state index < -0.39 is 0 Å². The van der Waals surface area contributed by atoms with E-state index in [4.69, 9.17) is 9.47 Å². The van der Waals surface area contributed by atoms with Crippen LogP contribution in [-0.4, -0.2) is 31.2 Å². The van der Waals surface area contributed by atoms with Crippen LogP contribution in [0.2, 0.25) is 0 Å². The molecule has 0 aromatic carbocycles. The van der Waals surface area contributed by atoms with Crippen LogP contribution >= 0.6 is 0 Å². The molecular formula is C11H20O3. The highest BCUT2D eigenvalue weighted by Crippen LogP contribution is 2.31. The van der Waals surface area contributed by atoms with E-state index >= 15 is 0 Å². The van der Waals surface area contributed by atoms with E-state index in [1.165, 1.54) is 0 Å². The standard InChI is InChI=1S/C11H20O3/c1-11(2)7-6-10(14-11)5-4-9(12)8-13-3/h10H,4-8H2,1-3H3. The molecule has 3 heteroatoms. The Bertz CT molecular complexity index is 199. The molecule has 82 valence electrons. The molecule has 1 aliphatic rings. The van der Waals surface area contributed by atoms with Gasteiger partial charge in [-0.15, -0.1) is 0 Å². The van der Waals surface area contributed by atoms with Gasteiger partial charge in [-0.1, -0.05) is 0 Å². The number of carbonyl (C=O) groups is 1. The smallest absolute Gasteiger partial charge is 0.158 e. The van der Waals surface area contributed by atoms with Gasteiger partial charge in [-0.2, -0.15) is 0 Å². The summed E-state index contributed by atoms with van der Waals surface area (Å²) < 4.78 is 10.6. The lowest BCUT2D eigenvalue weighted by molar-refractivity contribution is -0.123. The van der Waals surface area contributed by atoms with Gasteiger partial charge in [-0.05, 0) is 33.1 Å². The summed E-state index contributed by atoms with van der Waals surface area (Å²) in [5.74, 6) is 0.167. The monoisotopic (exact) mass is 200 g/mol. The van der Waals surface area contributed by atoms with Crippen LogP contribution in [0.1, 0.15) is 39.5 Å². The van der Waals surface area contributed by atoms with Crippen molar-refractivity contribution in [2.75, 3.05) is 13.7 Å². The molecular weight excluding hydrogens is 180 g/mol. The molecule has 0 bridgehead atoms. The number of carbonyl (C=O) groups excluding carboxylic acids is 1. The summed E-state index contributed by atoms with van der Waals surface area (Å²) in [6.45, 7) is 4.43. The SMILES string of the molecule is COCC(=O)CCC1CCC(C)(C)O1. The Morgan fingerprint density at radius 1 is 1.57 bits per heavy atom. The lowest BCUT2D eigenvalue weighted by Gasteiger charge is -2.18. The van der Waals surface area contributed by atoms with E-state index in [9.17, 15) is 4.79 Å². The maximum Gasteiger partial charge on any atom is 0.158 e. The Hall–Kier alpha value is -0.410. The van der Waals surface area contributed by atoms with Gasteiger partial charge in [0.2, 0.25) is 0 Å². The average molecular weight is 200 g/mol. The van der Waals surface area contributed by atoms with E-state index in [2.05, 4.69) is 13.8 Å². The summed E-state index contributed by atoms with van der Waals surface area (Å²) in [5, 5.41) is 0. The number of Topliss-reactive ketones (excluding diaryl/α,β-unsaturated/α-hetero) is 1. The predicted octanol–water partition coefficient (Wildman–Crippen LogP) is 1.94.